The van der Waals surface area contributed by atoms with E-state index in [0.29, 0.717) is 11.3 Å². The second-order valence-corrected chi connectivity index (χ2v) is 7.31. The molecule has 6 nitrogen and oxygen atoms in total. The van der Waals surface area contributed by atoms with Crippen molar-refractivity contribution in [1.29, 1.82) is 5.26 Å². The van der Waals surface area contributed by atoms with Gasteiger partial charge in [0.25, 0.3) is 5.91 Å². The van der Waals surface area contributed by atoms with Crippen LogP contribution in [0.15, 0.2) is 42.5 Å². The average molecular weight is 454 g/mol. The van der Waals surface area contributed by atoms with Crippen LogP contribution in [0.1, 0.15) is 25.0 Å². The lowest BCUT2D eigenvalue weighted by Gasteiger charge is -2.23. The fraction of sp³-hybridized carbons (Fsp3) is 0.286. The molecule has 0 heterocycles. The number of nitrogens with zero attached hydrogens (tertiary/aromatic N) is 1. The molecule has 2 N–H and O–H groups in total. The highest BCUT2D eigenvalue weighted by Crippen LogP contribution is 2.34. The Balaban J connectivity index is 1.99. The summed E-state index contributed by atoms with van der Waals surface area (Å²) in [6.07, 6.45) is -4.54. The van der Waals surface area contributed by atoms with Crippen LogP contribution >= 0.6 is 11.6 Å². The number of carbonyl (C=O) groups excluding carboxylic acids is 2. The Labute approximate surface area is 182 Å². The first kappa shape index (κ1) is 24.0. The van der Waals surface area contributed by atoms with Crippen molar-refractivity contribution in [3.63, 3.8) is 0 Å². The maximum atomic E-state index is 12.8. The molecule has 2 rings (SSSR count). The van der Waals surface area contributed by atoms with Gasteiger partial charge in [-0.1, -0.05) is 25.4 Å². The highest BCUT2D eigenvalue weighted by molar-refractivity contribution is 6.33. The Morgan fingerprint density at radius 2 is 1.81 bits per heavy atom. The summed E-state index contributed by atoms with van der Waals surface area (Å²) >= 11 is 5.93. The summed E-state index contributed by atoms with van der Waals surface area (Å²) in [4.78, 5) is 24.4. The number of nitrogens with one attached hydrogen (secondary N) is 2. The van der Waals surface area contributed by atoms with Crippen molar-refractivity contribution in [3.8, 4) is 6.07 Å². The largest absolute Gasteiger partial charge is 0.454 e. The van der Waals surface area contributed by atoms with Crippen LogP contribution in [0.25, 0.3) is 0 Å². The number of rotatable bonds is 7. The van der Waals surface area contributed by atoms with Crippen molar-refractivity contribution < 1.29 is 27.5 Å². The minimum atomic E-state index is -4.54. The van der Waals surface area contributed by atoms with Gasteiger partial charge in [0.1, 0.15) is 6.04 Å². The van der Waals surface area contributed by atoms with Crippen molar-refractivity contribution in [3.05, 3.63) is 58.6 Å². The first-order valence-corrected chi connectivity index (χ1v) is 9.49. The minimum absolute atomic E-state index is 0.132. The highest BCUT2D eigenvalue weighted by atomic mass is 35.5. The van der Waals surface area contributed by atoms with Gasteiger partial charge in [-0.05, 0) is 48.4 Å². The van der Waals surface area contributed by atoms with Crippen molar-refractivity contribution in [2.45, 2.75) is 26.1 Å². The molecule has 1 amide bonds. The molecule has 2 aromatic rings. The summed E-state index contributed by atoms with van der Waals surface area (Å²) in [6.45, 7) is 2.84. The fourth-order valence-corrected chi connectivity index (χ4v) is 2.76. The van der Waals surface area contributed by atoms with Crippen LogP contribution < -0.4 is 10.6 Å². The van der Waals surface area contributed by atoms with Crippen molar-refractivity contribution in [1.82, 2.24) is 0 Å². The average Bonchev–Trinajstić information content (AvgIpc) is 2.70. The summed E-state index contributed by atoms with van der Waals surface area (Å²) in [5.41, 5.74) is 0.0749. The number of ether oxygens (including phenoxy) is 1. The maximum absolute atomic E-state index is 12.8. The van der Waals surface area contributed by atoms with E-state index in [-0.39, 0.29) is 16.6 Å². The second-order valence-electron chi connectivity index (χ2n) is 6.90. The van der Waals surface area contributed by atoms with Gasteiger partial charge in [-0.3, -0.25) is 4.79 Å². The molecule has 0 spiro atoms. The van der Waals surface area contributed by atoms with E-state index in [1.807, 2.05) is 6.07 Å². The van der Waals surface area contributed by atoms with Crippen molar-refractivity contribution >= 4 is 34.9 Å². The molecule has 0 aromatic heterocycles. The number of hydrogen-bond donors (Lipinski definition) is 2. The van der Waals surface area contributed by atoms with E-state index in [1.165, 1.54) is 24.3 Å². The van der Waals surface area contributed by atoms with Crippen LogP contribution in [0, 0.1) is 17.2 Å². The Kier molecular flexibility index (Phi) is 7.89. The van der Waals surface area contributed by atoms with Crippen LogP contribution in [0.2, 0.25) is 5.02 Å². The zero-order chi connectivity index (χ0) is 23.2. The number of benzene rings is 2. The fourth-order valence-electron chi connectivity index (χ4n) is 2.53. The number of anilines is 2. The van der Waals surface area contributed by atoms with Crippen molar-refractivity contribution in [2.75, 3.05) is 17.2 Å². The van der Waals surface area contributed by atoms with Gasteiger partial charge < -0.3 is 15.4 Å². The van der Waals surface area contributed by atoms with Crippen LogP contribution in [-0.2, 0) is 20.5 Å². The second kappa shape index (κ2) is 10.2. The third kappa shape index (κ3) is 6.89. The topological polar surface area (TPSA) is 91.2 Å². The van der Waals surface area contributed by atoms with Crippen molar-refractivity contribution in [2.24, 2.45) is 5.92 Å². The van der Waals surface area contributed by atoms with Gasteiger partial charge in [-0.25, -0.2) is 4.79 Å². The Morgan fingerprint density at radius 3 is 2.32 bits per heavy atom. The van der Waals surface area contributed by atoms with Crippen LogP contribution in [-0.4, -0.2) is 24.5 Å². The molecular formula is C21H19ClF3N3O3. The maximum Gasteiger partial charge on any atom is 0.416 e. The molecule has 10 heteroatoms. The highest BCUT2D eigenvalue weighted by Gasteiger charge is 2.31. The van der Waals surface area contributed by atoms with Gasteiger partial charge in [0.15, 0.2) is 6.61 Å². The number of nitriles is 1. The molecule has 31 heavy (non-hydrogen) atoms. The molecule has 0 saturated carbocycles. The molecule has 0 saturated heterocycles. The van der Waals surface area contributed by atoms with Gasteiger partial charge in [0.2, 0.25) is 0 Å². The molecule has 1 atom stereocenters. The molecule has 2 aromatic carbocycles. The number of esters is 1. The summed E-state index contributed by atoms with van der Waals surface area (Å²) in [6, 6.07) is 9.85. The molecule has 0 unspecified atom stereocenters. The van der Waals surface area contributed by atoms with E-state index in [0.717, 1.165) is 18.2 Å². The molecule has 0 aliphatic rings. The zero-order valence-corrected chi connectivity index (χ0v) is 17.3. The van der Waals surface area contributed by atoms with E-state index in [9.17, 15) is 22.8 Å². The molecule has 0 aliphatic carbocycles. The lowest BCUT2D eigenvalue weighted by atomic mass is 10.0. The van der Waals surface area contributed by atoms with Crippen LogP contribution in [0.5, 0.6) is 0 Å². The summed E-state index contributed by atoms with van der Waals surface area (Å²) < 4.78 is 43.4. The molecule has 164 valence electrons. The lowest BCUT2D eigenvalue weighted by Crippen LogP contribution is -2.37. The molecule has 0 aliphatic heterocycles. The summed E-state index contributed by atoms with van der Waals surface area (Å²) in [5.74, 6) is -1.67. The molecular weight excluding hydrogens is 435 g/mol. The molecule has 0 radical (unpaired) electrons. The summed E-state index contributed by atoms with van der Waals surface area (Å²) in [5, 5.41) is 13.9. The minimum Gasteiger partial charge on any atom is -0.454 e. The Bertz CT molecular complexity index is 986. The van der Waals surface area contributed by atoms with Crippen LogP contribution in [0.3, 0.4) is 0 Å². The third-order valence-corrected chi connectivity index (χ3v) is 4.48. The number of alkyl halides is 3. The molecule has 0 bridgehead atoms. The van der Waals surface area contributed by atoms with Crippen LogP contribution in [0.4, 0.5) is 24.5 Å². The van der Waals surface area contributed by atoms with Gasteiger partial charge in [0.05, 0.1) is 27.9 Å². The lowest BCUT2D eigenvalue weighted by molar-refractivity contribution is -0.149. The van der Waals surface area contributed by atoms with E-state index in [4.69, 9.17) is 21.6 Å². The Morgan fingerprint density at radius 1 is 1.16 bits per heavy atom. The number of halogens is 4. The number of hydrogen-bond acceptors (Lipinski definition) is 5. The van der Waals surface area contributed by atoms with E-state index < -0.39 is 36.3 Å². The van der Waals surface area contributed by atoms with Gasteiger partial charge in [0, 0.05) is 5.69 Å². The predicted octanol–water partition coefficient (Wildman–Crippen LogP) is 4.85. The Hall–Kier alpha value is -3.25. The first-order valence-electron chi connectivity index (χ1n) is 9.11. The van der Waals surface area contributed by atoms with Gasteiger partial charge in [-0.2, -0.15) is 18.4 Å². The third-order valence-electron chi connectivity index (χ3n) is 4.17. The standard InChI is InChI=1S/C21H19ClF3N3O3/c1-12(2)19(28-17-8-5-14(9-16(17)22)21(23,24)25)20(30)31-11-18(29)27-15-6-3-13(10-26)4-7-15/h3-9,12,19,28H,11H2,1-2H3,(H,27,29)/t19-/m0/s1. The SMILES string of the molecule is CC(C)[C@H](Nc1ccc(C(F)(F)F)cc1Cl)C(=O)OCC(=O)Nc1ccc(C#N)cc1. The van der Waals surface area contributed by atoms with Gasteiger partial charge in [-0.15, -0.1) is 0 Å². The predicted molar refractivity (Wildman–Crippen MR) is 109 cm³/mol. The number of amides is 1. The van der Waals surface area contributed by atoms with Gasteiger partial charge >= 0.3 is 12.1 Å². The first-order chi connectivity index (χ1) is 14.5. The molecule has 0 fully saturated rings. The monoisotopic (exact) mass is 453 g/mol. The van der Waals surface area contributed by atoms with E-state index in [1.54, 1.807) is 13.8 Å². The number of carbonyl (C=O) groups is 2. The smallest absolute Gasteiger partial charge is 0.416 e. The van der Waals surface area contributed by atoms with E-state index in [2.05, 4.69) is 10.6 Å². The summed E-state index contributed by atoms with van der Waals surface area (Å²) in [7, 11) is 0. The van der Waals surface area contributed by atoms with E-state index >= 15 is 0 Å². The quantitative estimate of drug-likeness (QED) is 0.585. The zero-order valence-electron chi connectivity index (χ0n) is 16.6. The normalized spacial score (nSPS) is 12.1.